The van der Waals surface area contributed by atoms with Gasteiger partial charge in [0, 0.05) is 6.54 Å². The van der Waals surface area contributed by atoms with Crippen LogP contribution in [-0.2, 0) is 4.74 Å². The summed E-state index contributed by atoms with van der Waals surface area (Å²) in [6.07, 6.45) is 9.61. The van der Waals surface area contributed by atoms with Crippen molar-refractivity contribution in [2.45, 2.75) is 58.0 Å². The minimum Gasteiger partial charge on any atom is -0.374 e. The van der Waals surface area contributed by atoms with Crippen LogP contribution in [0.2, 0.25) is 0 Å². The van der Waals surface area contributed by atoms with E-state index in [1.54, 1.807) is 0 Å². The molecule has 0 aliphatic heterocycles. The molecule has 1 N–H and O–H groups in total. The SMILES string of the molecule is C=C(CNCCC)COC1CCCCCC1. The maximum atomic E-state index is 5.92. The largest absolute Gasteiger partial charge is 0.374 e. The van der Waals surface area contributed by atoms with Crippen molar-refractivity contribution in [3.8, 4) is 0 Å². The molecule has 1 aliphatic carbocycles. The molecule has 0 atom stereocenters. The second-order valence-corrected chi connectivity index (χ2v) is 4.85. The summed E-state index contributed by atoms with van der Waals surface area (Å²) in [6.45, 7) is 8.94. The Bertz CT molecular complexity index is 183. The first-order valence-electron chi connectivity index (χ1n) is 6.82. The molecule has 0 radical (unpaired) electrons. The highest BCUT2D eigenvalue weighted by atomic mass is 16.5. The molecule has 2 heteroatoms. The Hall–Kier alpha value is -0.340. The Morgan fingerprint density at radius 3 is 2.56 bits per heavy atom. The first kappa shape index (κ1) is 13.7. The molecule has 0 aromatic heterocycles. The van der Waals surface area contributed by atoms with E-state index >= 15 is 0 Å². The molecule has 0 spiro atoms. The molecule has 1 aliphatic rings. The molecule has 0 aromatic rings. The Morgan fingerprint density at radius 1 is 1.25 bits per heavy atom. The van der Waals surface area contributed by atoms with Gasteiger partial charge >= 0.3 is 0 Å². The lowest BCUT2D eigenvalue weighted by atomic mass is 10.1. The molecular weight excluding hydrogens is 198 g/mol. The molecule has 2 nitrogen and oxygen atoms in total. The third-order valence-electron chi connectivity index (χ3n) is 3.13. The Kier molecular flexibility index (Phi) is 7.52. The van der Waals surface area contributed by atoms with E-state index in [1.807, 2.05) is 0 Å². The number of rotatable bonds is 7. The van der Waals surface area contributed by atoms with Crippen molar-refractivity contribution in [3.05, 3.63) is 12.2 Å². The van der Waals surface area contributed by atoms with Crippen LogP contribution in [0.5, 0.6) is 0 Å². The summed E-state index contributed by atoms with van der Waals surface area (Å²) in [5.41, 5.74) is 1.18. The van der Waals surface area contributed by atoms with Crippen molar-refractivity contribution in [2.24, 2.45) is 0 Å². The van der Waals surface area contributed by atoms with Crippen LogP contribution in [0.25, 0.3) is 0 Å². The van der Waals surface area contributed by atoms with Crippen LogP contribution < -0.4 is 5.32 Å². The van der Waals surface area contributed by atoms with Crippen molar-refractivity contribution in [1.82, 2.24) is 5.32 Å². The van der Waals surface area contributed by atoms with Crippen LogP contribution >= 0.6 is 0 Å². The van der Waals surface area contributed by atoms with E-state index in [9.17, 15) is 0 Å². The van der Waals surface area contributed by atoms with Crippen LogP contribution in [-0.4, -0.2) is 25.8 Å². The fourth-order valence-electron chi connectivity index (χ4n) is 2.14. The molecule has 0 saturated heterocycles. The van der Waals surface area contributed by atoms with Crippen LogP contribution in [0.3, 0.4) is 0 Å². The van der Waals surface area contributed by atoms with Gasteiger partial charge in [-0.2, -0.15) is 0 Å². The van der Waals surface area contributed by atoms with Gasteiger partial charge in [0.2, 0.25) is 0 Å². The van der Waals surface area contributed by atoms with Crippen molar-refractivity contribution in [3.63, 3.8) is 0 Å². The predicted octanol–water partition coefficient (Wildman–Crippen LogP) is 3.28. The Labute approximate surface area is 100 Å². The van der Waals surface area contributed by atoms with E-state index in [2.05, 4.69) is 18.8 Å². The summed E-state index contributed by atoms with van der Waals surface area (Å²) in [5.74, 6) is 0. The fourth-order valence-corrected chi connectivity index (χ4v) is 2.14. The molecule has 0 heterocycles. The van der Waals surface area contributed by atoms with Crippen LogP contribution in [0.15, 0.2) is 12.2 Å². The molecule has 0 bridgehead atoms. The van der Waals surface area contributed by atoms with Gasteiger partial charge in [0.15, 0.2) is 0 Å². The first-order valence-corrected chi connectivity index (χ1v) is 6.82. The van der Waals surface area contributed by atoms with E-state index in [0.717, 1.165) is 19.7 Å². The van der Waals surface area contributed by atoms with Crippen molar-refractivity contribution < 1.29 is 4.74 Å². The highest BCUT2D eigenvalue weighted by molar-refractivity contribution is 4.97. The van der Waals surface area contributed by atoms with Gasteiger partial charge in [0.25, 0.3) is 0 Å². The van der Waals surface area contributed by atoms with Crippen LogP contribution in [0, 0.1) is 0 Å². The average molecular weight is 225 g/mol. The number of nitrogens with one attached hydrogen (secondary N) is 1. The zero-order chi connectivity index (χ0) is 11.6. The standard InChI is InChI=1S/C14H27NO/c1-3-10-15-11-13(2)12-16-14-8-6-4-5-7-9-14/h14-15H,2-12H2,1H3. The second kappa shape index (κ2) is 8.77. The van der Waals surface area contributed by atoms with E-state index in [1.165, 1.54) is 50.5 Å². The van der Waals surface area contributed by atoms with Gasteiger partial charge in [-0.15, -0.1) is 0 Å². The van der Waals surface area contributed by atoms with Crippen LogP contribution in [0.4, 0.5) is 0 Å². The van der Waals surface area contributed by atoms with Crippen molar-refractivity contribution in [1.29, 1.82) is 0 Å². The summed E-state index contributed by atoms with van der Waals surface area (Å²) in [5, 5.41) is 3.36. The Morgan fingerprint density at radius 2 is 1.94 bits per heavy atom. The highest BCUT2D eigenvalue weighted by Gasteiger charge is 2.12. The maximum absolute atomic E-state index is 5.92. The van der Waals surface area contributed by atoms with E-state index in [-0.39, 0.29) is 0 Å². The smallest absolute Gasteiger partial charge is 0.0690 e. The molecule has 0 amide bonds. The Balaban J connectivity index is 2.05. The van der Waals surface area contributed by atoms with Gasteiger partial charge in [-0.1, -0.05) is 39.2 Å². The number of hydrogen-bond donors (Lipinski definition) is 1. The zero-order valence-corrected chi connectivity index (χ0v) is 10.8. The third-order valence-corrected chi connectivity index (χ3v) is 3.13. The predicted molar refractivity (Wildman–Crippen MR) is 69.7 cm³/mol. The highest BCUT2D eigenvalue weighted by Crippen LogP contribution is 2.20. The third kappa shape index (κ3) is 6.29. The van der Waals surface area contributed by atoms with E-state index in [0.29, 0.717) is 6.10 Å². The van der Waals surface area contributed by atoms with E-state index in [4.69, 9.17) is 4.74 Å². The van der Waals surface area contributed by atoms with Gasteiger partial charge in [-0.3, -0.25) is 0 Å². The summed E-state index contributed by atoms with van der Waals surface area (Å²) in [7, 11) is 0. The lowest BCUT2D eigenvalue weighted by Gasteiger charge is -2.16. The van der Waals surface area contributed by atoms with Gasteiger partial charge < -0.3 is 10.1 Å². The molecular formula is C14H27NO. The number of ether oxygens (including phenoxy) is 1. The molecule has 1 fully saturated rings. The average Bonchev–Trinajstić information content (AvgIpc) is 2.55. The summed E-state index contributed by atoms with van der Waals surface area (Å²) in [4.78, 5) is 0. The maximum Gasteiger partial charge on any atom is 0.0690 e. The summed E-state index contributed by atoms with van der Waals surface area (Å²) in [6, 6.07) is 0. The second-order valence-electron chi connectivity index (χ2n) is 4.85. The number of hydrogen-bond acceptors (Lipinski definition) is 2. The molecule has 16 heavy (non-hydrogen) atoms. The van der Waals surface area contributed by atoms with Gasteiger partial charge in [-0.25, -0.2) is 0 Å². The van der Waals surface area contributed by atoms with Crippen LogP contribution in [0.1, 0.15) is 51.9 Å². The summed E-state index contributed by atoms with van der Waals surface area (Å²) < 4.78 is 5.92. The van der Waals surface area contributed by atoms with Gasteiger partial charge in [0.05, 0.1) is 12.7 Å². The van der Waals surface area contributed by atoms with Gasteiger partial charge in [0.1, 0.15) is 0 Å². The zero-order valence-electron chi connectivity index (χ0n) is 10.8. The first-order chi connectivity index (χ1) is 7.83. The molecule has 0 unspecified atom stereocenters. The quantitative estimate of drug-likeness (QED) is 0.408. The van der Waals surface area contributed by atoms with Gasteiger partial charge in [-0.05, 0) is 31.4 Å². The summed E-state index contributed by atoms with van der Waals surface area (Å²) >= 11 is 0. The molecule has 94 valence electrons. The van der Waals surface area contributed by atoms with Crippen molar-refractivity contribution >= 4 is 0 Å². The molecule has 1 saturated carbocycles. The van der Waals surface area contributed by atoms with Crippen molar-refractivity contribution in [2.75, 3.05) is 19.7 Å². The molecule has 0 aromatic carbocycles. The fraction of sp³-hybridized carbons (Fsp3) is 0.857. The van der Waals surface area contributed by atoms with E-state index < -0.39 is 0 Å². The topological polar surface area (TPSA) is 21.3 Å². The lowest BCUT2D eigenvalue weighted by Crippen LogP contribution is -2.21. The lowest BCUT2D eigenvalue weighted by molar-refractivity contribution is 0.0582. The minimum atomic E-state index is 0.491. The monoisotopic (exact) mass is 225 g/mol. The minimum absolute atomic E-state index is 0.491. The normalized spacial score (nSPS) is 18.3. The molecule has 1 rings (SSSR count).